The molecule has 1 amide bonds. The Hall–Kier alpha value is -0.0900. The van der Waals surface area contributed by atoms with E-state index in [9.17, 15) is 4.79 Å². The summed E-state index contributed by atoms with van der Waals surface area (Å²) in [5.74, 6) is 0.0728. The third-order valence-electron chi connectivity index (χ3n) is 1.55. The average molecular weight is 237 g/mol. The van der Waals surface area contributed by atoms with Crippen molar-refractivity contribution in [2.24, 2.45) is 0 Å². The third kappa shape index (κ3) is 8.01. The number of nitrogens with one attached hydrogen (secondary N) is 2. The van der Waals surface area contributed by atoms with Crippen molar-refractivity contribution in [1.29, 1.82) is 0 Å². The maximum atomic E-state index is 10.7. The fourth-order valence-corrected chi connectivity index (χ4v) is 1.08. The van der Waals surface area contributed by atoms with Crippen LogP contribution in [0.15, 0.2) is 0 Å². The van der Waals surface area contributed by atoms with Gasteiger partial charge in [0.25, 0.3) is 0 Å². The monoisotopic (exact) mass is 236 g/mol. The Kier molecular flexibility index (Phi) is 8.93. The van der Waals surface area contributed by atoms with E-state index in [1.54, 1.807) is 0 Å². The maximum Gasteiger partial charge on any atom is 0.230 e. The van der Waals surface area contributed by atoms with Crippen molar-refractivity contribution in [3.05, 3.63) is 0 Å². The number of carbonyl (C=O) groups is 1. The van der Waals surface area contributed by atoms with Crippen molar-refractivity contribution in [2.75, 3.05) is 25.5 Å². The molecule has 0 heterocycles. The number of rotatable bonds is 7. The van der Waals surface area contributed by atoms with Gasteiger partial charge in [0.2, 0.25) is 5.91 Å². The molecule has 72 valence electrons. The lowest BCUT2D eigenvalue weighted by Gasteiger charge is -2.02. The van der Waals surface area contributed by atoms with E-state index in [1.165, 1.54) is 12.8 Å². The summed E-state index contributed by atoms with van der Waals surface area (Å²) in [7, 11) is 1.95. The molecule has 0 rings (SSSR count). The molecule has 4 heteroatoms. The highest BCUT2D eigenvalue weighted by atomic mass is 79.9. The predicted molar refractivity (Wildman–Crippen MR) is 54.6 cm³/mol. The van der Waals surface area contributed by atoms with Crippen molar-refractivity contribution < 1.29 is 4.79 Å². The van der Waals surface area contributed by atoms with Crippen molar-refractivity contribution >= 4 is 21.8 Å². The maximum absolute atomic E-state index is 10.7. The van der Waals surface area contributed by atoms with Gasteiger partial charge in [-0.25, -0.2) is 0 Å². The highest BCUT2D eigenvalue weighted by Gasteiger charge is 1.95. The second-order valence-electron chi connectivity index (χ2n) is 2.65. The van der Waals surface area contributed by atoms with Crippen LogP contribution in [0.25, 0.3) is 0 Å². The van der Waals surface area contributed by atoms with Gasteiger partial charge >= 0.3 is 0 Å². The molecule has 0 aliphatic rings. The smallest absolute Gasteiger partial charge is 0.230 e. The van der Waals surface area contributed by atoms with Crippen LogP contribution in [0.1, 0.15) is 19.3 Å². The first-order valence-electron chi connectivity index (χ1n) is 4.28. The van der Waals surface area contributed by atoms with Crippen LogP contribution in [0.5, 0.6) is 0 Å². The molecule has 0 bridgehead atoms. The second-order valence-corrected chi connectivity index (χ2v) is 3.21. The molecule has 0 aromatic rings. The van der Waals surface area contributed by atoms with Crippen molar-refractivity contribution in [2.45, 2.75) is 19.3 Å². The molecule has 0 saturated carbocycles. The number of alkyl halides is 1. The third-order valence-corrected chi connectivity index (χ3v) is 2.06. The van der Waals surface area contributed by atoms with E-state index < -0.39 is 0 Å². The predicted octanol–water partition coefficient (Wildman–Crippen LogP) is 0.887. The highest BCUT2D eigenvalue weighted by molar-refractivity contribution is 9.09. The number of halogens is 1. The lowest BCUT2D eigenvalue weighted by atomic mass is 10.2. The van der Waals surface area contributed by atoms with Gasteiger partial charge < -0.3 is 10.6 Å². The minimum absolute atomic E-state index is 0.0728. The highest BCUT2D eigenvalue weighted by Crippen LogP contribution is 1.91. The van der Waals surface area contributed by atoms with Gasteiger partial charge in [0.1, 0.15) is 0 Å². The van der Waals surface area contributed by atoms with E-state index in [0.717, 1.165) is 19.5 Å². The first-order valence-corrected chi connectivity index (χ1v) is 5.40. The molecule has 0 unspecified atom stereocenters. The molecule has 0 fully saturated rings. The Morgan fingerprint density at radius 3 is 2.50 bits per heavy atom. The zero-order valence-corrected chi connectivity index (χ0v) is 9.11. The topological polar surface area (TPSA) is 41.1 Å². The second kappa shape index (κ2) is 9.00. The summed E-state index contributed by atoms with van der Waals surface area (Å²) in [6, 6.07) is 0. The summed E-state index contributed by atoms with van der Waals surface area (Å²) in [6.45, 7) is 1.86. The molecule has 12 heavy (non-hydrogen) atoms. The SMILES string of the molecule is CNCCCCCNC(=O)CBr. The van der Waals surface area contributed by atoms with Crippen LogP contribution < -0.4 is 10.6 Å². The lowest BCUT2D eigenvalue weighted by Crippen LogP contribution is -2.25. The zero-order chi connectivity index (χ0) is 9.23. The van der Waals surface area contributed by atoms with Crippen molar-refractivity contribution in [3.8, 4) is 0 Å². The summed E-state index contributed by atoms with van der Waals surface area (Å²) in [4.78, 5) is 10.7. The summed E-state index contributed by atoms with van der Waals surface area (Å²) in [5, 5.41) is 6.29. The fraction of sp³-hybridized carbons (Fsp3) is 0.875. The summed E-state index contributed by atoms with van der Waals surface area (Å²) in [5.41, 5.74) is 0. The molecule has 3 nitrogen and oxygen atoms in total. The molecule has 0 spiro atoms. The zero-order valence-electron chi connectivity index (χ0n) is 7.53. The minimum atomic E-state index is 0.0728. The van der Waals surface area contributed by atoms with Gasteiger partial charge in [0, 0.05) is 6.54 Å². The Bertz CT molecular complexity index is 120. The molecule has 0 atom stereocenters. The number of carbonyl (C=O) groups excluding carboxylic acids is 1. The van der Waals surface area contributed by atoms with Crippen LogP contribution in [0, 0.1) is 0 Å². The van der Waals surface area contributed by atoms with Gasteiger partial charge in [-0.05, 0) is 26.4 Å². The van der Waals surface area contributed by atoms with Crippen LogP contribution in [0.4, 0.5) is 0 Å². The molecule has 2 N–H and O–H groups in total. The van der Waals surface area contributed by atoms with Gasteiger partial charge in [0.05, 0.1) is 5.33 Å². The normalized spacial score (nSPS) is 9.83. The van der Waals surface area contributed by atoms with Gasteiger partial charge in [0.15, 0.2) is 0 Å². The number of hydrogen-bond acceptors (Lipinski definition) is 2. The first kappa shape index (κ1) is 11.9. The number of hydrogen-bond donors (Lipinski definition) is 2. The Morgan fingerprint density at radius 1 is 1.25 bits per heavy atom. The van der Waals surface area contributed by atoms with Crippen LogP contribution in [0.3, 0.4) is 0 Å². The van der Waals surface area contributed by atoms with Crippen LogP contribution in [-0.4, -0.2) is 31.4 Å². The van der Waals surface area contributed by atoms with Crippen LogP contribution in [0.2, 0.25) is 0 Å². The lowest BCUT2D eigenvalue weighted by molar-refractivity contribution is -0.118. The van der Waals surface area contributed by atoms with E-state index >= 15 is 0 Å². The molecular formula is C8H17BrN2O. The molecule has 0 aliphatic carbocycles. The Balaban J connectivity index is 2.95. The van der Waals surface area contributed by atoms with Gasteiger partial charge in [-0.15, -0.1) is 0 Å². The molecule has 0 radical (unpaired) electrons. The van der Waals surface area contributed by atoms with E-state index in [-0.39, 0.29) is 5.91 Å². The molecule has 0 aromatic carbocycles. The van der Waals surface area contributed by atoms with Crippen molar-refractivity contribution in [3.63, 3.8) is 0 Å². The van der Waals surface area contributed by atoms with Crippen LogP contribution in [-0.2, 0) is 4.79 Å². The van der Waals surface area contributed by atoms with Crippen molar-refractivity contribution in [1.82, 2.24) is 10.6 Å². The summed E-state index contributed by atoms with van der Waals surface area (Å²) >= 11 is 3.09. The minimum Gasteiger partial charge on any atom is -0.355 e. The van der Waals surface area contributed by atoms with E-state index in [2.05, 4.69) is 26.6 Å². The van der Waals surface area contributed by atoms with E-state index in [4.69, 9.17) is 0 Å². The molecule has 0 aromatic heterocycles. The fourth-order valence-electron chi connectivity index (χ4n) is 0.879. The van der Waals surface area contributed by atoms with E-state index in [1.807, 2.05) is 7.05 Å². The summed E-state index contributed by atoms with van der Waals surface area (Å²) < 4.78 is 0. The molecular weight excluding hydrogens is 220 g/mol. The number of unbranched alkanes of at least 4 members (excludes halogenated alkanes) is 2. The average Bonchev–Trinajstić information content (AvgIpc) is 2.10. The molecule has 0 saturated heterocycles. The Labute approximate surface area is 82.4 Å². The van der Waals surface area contributed by atoms with Crippen LogP contribution >= 0.6 is 15.9 Å². The largest absolute Gasteiger partial charge is 0.355 e. The quantitative estimate of drug-likeness (QED) is 0.510. The Morgan fingerprint density at radius 2 is 1.92 bits per heavy atom. The van der Waals surface area contributed by atoms with Gasteiger partial charge in [-0.1, -0.05) is 22.4 Å². The number of amides is 1. The molecule has 0 aliphatic heterocycles. The first-order chi connectivity index (χ1) is 5.81. The standard InChI is InChI=1S/C8H17BrN2O/c1-10-5-3-2-4-6-11-8(12)7-9/h10H,2-7H2,1H3,(H,11,12). The van der Waals surface area contributed by atoms with Gasteiger partial charge in [-0.3, -0.25) is 4.79 Å². The van der Waals surface area contributed by atoms with Gasteiger partial charge in [-0.2, -0.15) is 0 Å². The van der Waals surface area contributed by atoms with E-state index in [0.29, 0.717) is 5.33 Å². The summed E-state index contributed by atoms with van der Waals surface area (Å²) in [6.07, 6.45) is 3.42.